The lowest BCUT2D eigenvalue weighted by molar-refractivity contribution is -0.137. The lowest BCUT2D eigenvalue weighted by atomic mass is 10.0. The van der Waals surface area contributed by atoms with E-state index >= 15 is 0 Å². The molecule has 3 aromatic rings. The Morgan fingerprint density at radius 2 is 1.83 bits per heavy atom. The molecular formula is C20H15ClF5N3. The van der Waals surface area contributed by atoms with Crippen LogP contribution in [0.3, 0.4) is 0 Å². The van der Waals surface area contributed by atoms with Crippen LogP contribution in [0.25, 0.3) is 16.9 Å². The average molecular weight is 428 g/mol. The number of aromatic nitrogens is 2. The van der Waals surface area contributed by atoms with Gasteiger partial charge >= 0.3 is 6.18 Å². The molecule has 0 atom stereocenters. The second kappa shape index (κ2) is 7.33. The van der Waals surface area contributed by atoms with Crippen molar-refractivity contribution < 1.29 is 22.0 Å². The van der Waals surface area contributed by atoms with Gasteiger partial charge in [-0.3, -0.25) is 0 Å². The maximum absolute atomic E-state index is 14.4. The van der Waals surface area contributed by atoms with Gasteiger partial charge in [-0.1, -0.05) is 11.6 Å². The highest BCUT2D eigenvalue weighted by Crippen LogP contribution is 2.40. The van der Waals surface area contributed by atoms with Gasteiger partial charge in [0.1, 0.15) is 23.1 Å². The van der Waals surface area contributed by atoms with E-state index in [1.165, 1.54) is 18.2 Å². The number of alkyl halides is 3. The predicted octanol–water partition coefficient (Wildman–Crippen LogP) is 6.24. The van der Waals surface area contributed by atoms with E-state index < -0.39 is 23.4 Å². The third kappa shape index (κ3) is 3.69. The summed E-state index contributed by atoms with van der Waals surface area (Å²) in [6.07, 6.45) is -2.60. The Labute approximate surface area is 168 Å². The van der Waals surface area contributed by atoms with Gasteiger partial charge in [0.05, 0.1) is 11.3 Å². The molecule has 0 bridgehead atoms. The number of fused-ring (bicyclic) bond motifs is 1. The molecule has 9 heteroatoms. The van der Waals surface area contributed by atoms with Crippen LogP contribution in [0.2, 0.25) is 5.02 Å². The van der Waals surface area contributed by atoms with E-state index in [2.05, 4.69) is 10.4 Å². The molecule has 29 heavy (non-hydrogen) atoms. The van der Waals surface area contributed by atoms with E-state index in [1.54, 1.807) is 0 Å². The Kier molecular flexibility index (Phi) is 4.98. The lowest BCUT2D eigenvalue weighted by Crippen LogP contribution is -2.14. The van der Waals surface area contributed by atoms with Crippen LogP contribution in [0, 0.1) is 11.6 Å². The smallest absolute Gasteiger partial charge is 0.370 e. The van der Waals surface area contributed by atoms with Crippen LogP contribution >= 0.6 is 11.6 Å². The molecule has 0 spiro atoms. The highest BCUT2D eigenvalue weighted by atomic mass is 35.5. The number of nitrogens with zero attached hydrogens (tertiary/aromatic N) is 2. The molecule has 1 N–H and O–H groups in total. The average Bonchev–Trinajstić information content (AvgIpc) is 2.83. The molecule has 152 valence electrons. The Morgan fingerprint density at radius 3 is 2.55 bits per heavy atom. The van der Waals surface area contributed by atoms with Crippen molar-refractivity contribution in [3.05, 3.63) is 64.2 Å². The van der Waals surface area contributed by atoms with Crippen molar-refractivity contribution in [2.24, 2.45) is 0 Å². The Hall–Kier alpha value is -2.61. The quantitative estimate of drug-likeness (QED) is 0.491. The number of rotatable bonds is 2. The van der Waals surface area contributed by atoms with E-state index in [-0.39, 0.29) is 22.0 Å². The second-order valence-corrected chi connectivity index (χ2v) is 7.19. The van der Waals surface area contributed by atoms with Crippen molar-refractivity contribution >= 4 is 17.4 Å². The van der Waals surface area contributed by atoms with Gasteiger partial charge in [-0.2, -0.15) is 18.3 Å². The van der Waals surface area contributed by atoms with Crippen molar-refractivity contribution in [1.82, 2.24) is 9.78 Å². The second-order valence-electron chi connectivity index (χ2n) is 6.75. The molecule has 1 aliphatic heterocycles. The molecule has 0 fully saturated rings. The van der Waals surface area contributed by atoms with E-state index in [1.807, 2.05) is 0 Å². The first-order chi connectivity index (χ1) is 13.8. The summed E-state index contributed by atoms with van der Waals surface area (Å²) in [6, 6.07) is 6.48. The van der Waals surface area contributed by atoms with Crippen molar-refractivity contribution in [2.75, 3.05) is 11.9 Å². The Balaban J connectivity index is 1.98. The number of anilines is 1. The summed E-state index contributed by atoms with van der Waals surface area (Å²) in [6.45, 7) is 0.541. The van der Waals surface area contributed by atoms with E-state index in [4.69, 9.17) is 11.6 Å². The Morgan fingerprint density at radius 1 is 1.03 bits per heavy atom. The zero-order valence-electron chi connectivity index (χ0n) is 15.0. The topological polar surface area (TPSA) is 29.9 Å². The normalized spacial score (nSPS) is 14.3. The maximum Gasteiger partial charge on any atom is 0.418 e. The number of nitrogens with one attached hydrogen (secondary N) is 1. The molecule has 2 heterocycles. The molecule has 0 aliphatic carbocycles. The van der Waals surface area contributed by atoms with Crippen LogP contribution in [-0.2, 0) is 12.6 Å². The largest absolute Gasteiger partial charge is 0.418 e. The molecule has 2 aromatic carbocycles. The monoisotopic (exact) mass is 427 g/mol. The summed E-state index contributed by atoms with van der Waals surface area (Å²) in [5.41, 5.74) is -0.354. The van der Waals surface area contributed by atoms with Crippen molar-refractivity contribution in [1.29, 1.82) is 0 Å². The van der Waals surface area contributed by atoms with Crippen LogP contribution in [0.4, 0.5) is 27.8 Å². The SMILES string of the molecule is Fc1ccc(-c2nn(-c3ccc(Cl)cc3C(F)(F)F)c3c2CCCCN3)c(F)c1. The fourth-order valence-corrected chi connectivity index (χ4v) is 3.67. The highest BCUT2D eigenvalue weighted by Gasteiger charge is 2.36. The van der Waals surface area contributed by atoms with Crippen molar-refractivity contribution in [3.63, 3.8) is 0 Å². The lowest BCUT2D eigenvalue weighted by Gasteiger charge is -2.16. The van der Waals surface area contributed by atoms with Crippen molar-refractivity contribution in [3.8, 4) is 16.9 Å². The van der Waals surface area contributed by atoms with Crippen LogP contribution in [0.15, 0.2) is 36.4 Å². The fraction of sp³-hybridized carbons (Fsp3) is 0.250. The first kappa shape index (κ1) is 19.7. The van der Waals surface area contributed by atoms with Gasteiger partial charge in [-0.15, -0.1) is 0 Å². The number of benzene rings is 2. The molecule has 0 saturated heterocycles. The molecule has 0 radical (unpaired) electrons. The van der Waals surface area contributed by atoms with E-state index in [9.17, 15) is 22.0 Å². The van der Waals surface area contributed by atoms with Gasteiger partial charge in [0.25, 0.3) is 0 Å². The zero-order chi connectivity index (χ0) is 20.8. The first-order valence-electron chi connectivity index (χ1n) is 8.94. The third-order valence-electron chi connectivity index (χ3n) is 4.81. The molecule has 4 rings (SSSR count). The summed E-state index contributed by atoms with van der Waals surface area (Å²) in [7, 11) is 0. The first-order valence-corrected chi connectivity index (χ1v) is 9.32. The molecule has 3 nitrogen and oxygen atoms in total. The highest BCUT2D eigenvalue weighted by molar-refractivity contribution is 6.30. The summed E-state index contributed by atoms with van der Waals surface area (Å²) >= 11 is 5.79. The molecule has 0 saturated carbocycles. The molecule has 0 amide bonds. The van der Waals surface area contributed by atoms with Crippen LogP contribution in [-0.4, -0.2) is 16.3 Å². The molecule has 1 aliphatic rings. The number of hydrogen-bond donors (Lipinski definition) is 1. The van der Waals surface area contributed by atoms with Crippen molar-refractivity contribution in [2.45, 2.75) is 25.4 Å². The van der Waals surface area contributed by atoms with Crippen LogP contribution in [0.5, 0.6) is 0 Å². The van der Waals surface area contributed by atoms with Gasteiger partial charge < -0.3 is 5.32 Å². The molecular weight excluding hydrogens is 413 g/mol. The minimum Gasteiger partial charge on any atom is -0.370 e. The number of hydrogen-bond acceptors (Lipinski definition) is 2. The molecule has 1 aromatic heterocycles. The molecule has 0 unspecified atom stereocenters. The summed E-state index contributed by atoms with van der Waals surface area (Å²) in [5, 5.41) is 7.37. The van der Waals surface area contributed by atoms with Gasteiger partial charge in [-0.25, -0.2) is 13.5 Å². The fourth-order valence-electron chi connectivity index (χ4n) is 3.49. The minimum atomic E-state index is -4.66. The maximum atomic E-state index is 14.4. The van der Waals surface area contributed by atoms with E-state index in [0.717, 1.165) is 35.7 Å². The van der Waals surface area contributed by atoms with Crippen LogP contribution < -0.4 is 5.32 Å². The summed E-state index contributed by atoms with van der Waals surface area (Å²) in [4.78, 5) is 0. The van der Waals surface area contributed by atoms with Gasteiger partial charge in [-0.05, 0) is 49.6 Å². The van der Waals surface area contributed by atoms with Gasteiger partial charge in [0, 0.05) is 28.8 Å². The summed E-state index contributed by atoms with van der Waals surface area (Å²) < 4.78 is 69.8. The predicted molar refractivity (Wildman–Crippen MR) is 100 cm³/mol. The minimum absolute atomic E-state index is 0.0348. The van der Waals surface area contributed by atoms with Gasteiger partial charge in [0.15, 0.2) is 0 Å². The third-order valence-corrected chi connectivity index (χ3v) is 5.04. The summed E-state index contributed by atoms with van der Waals surface area (Å²) in [5.74, 6) is -1.20. The number of halogens is 6. The zero-order valence-corrected chi connectivity index (χ0v) is 15.7. The van der Waals surface area contributed by atoms with E-state index in [0.29, 0.717) is 24.3 Å². The standard InChI is InChI=1S/C20H15ClF5N3/c21-11-4-7-17(15(9-11)20(24,25)26)29-19-14(3-1-2-8-27-19)18(28-29)13-6-5-12(22)10-16(13)23/h4-7,9-10,27H,1-3,8H2. The Bertz CT molecular complexity index is 1070. The van der Waals surface area contributed by atoms with Crippen LogP contribution in [0.1, 0.15) is 24.0 Å². The van der Waals surface area contributed by atoms with Gasteiger partial charge in [0.2, 0.25) is 0 Å².